The first-order valence-corrected chi connectivity index (χ1v) is 10.4. The number of amides is 1. The fraction of sp³-hybridized carbons (Fsp3) is 0.350. The number of thioether (sulfide) groups is 1. The van der Waals surface area contributed by atoms with Gasteiger partial charge in [-0.2, -0.15) is 0 Å². The number of ether oxygens (including phenoxy) is 2. The van der Waals surface area contributed by atoms with E-state index in [-0.39, 0.29) is 11.7 Å². The highest BCUT2D eigenvalue weighted by atomic mass is 79.9. The van der Waals surface area contributed by atoms with Crippen LogP contribution in [0.4, 0.5) is 4.39 Å². The van der Waals surface area contributed by atoms with Crippen LogP contribution in [0.5, 0.6) is 11.5 Å². The molecule has 1 unspecified atom stereocenters. The maximum absolute atomic E-state index is 14.7. The van der Waals surface area contributed by atoms with Crippen LogP contribution in [0.25, 0.3) is 0 Å². The lowest BCUT2D eigenvalue weighted by Crippen LogP contribution is -2.53. The maximum atomic E-state index is 14.7. The Bertz CT molecular complexity index is 863. The van der Waals surface area contributed by atoms with Crippen molar-refractivity contribution in [3.63, 3.8) is 0 Å². The molecule has 1 fully saturated rings. The van der Waals surface area contributed by atoms with E-state index in [1.54, 1.807) is 37.3 Å². The number of hydrogen-bond donors (Lipinski definition) is 0. The van der Waals surface area contributed by atoms with E-state index in [0.717, 1.165) is 10.0 Å². The molecule has 1 heterocycles. The second-order valence-corrected chi connectivity index (χ2v) is 8.45. The summed E-state index contributed by atoms with van der Waals surface area (Å²) in [6, 6.07) is 10.3. The molecular weight excluding hydrogens is 433 g/mol. The smallest absolute Gasteiger partial charge is 0.233 e. The summed E-state index contributed by atoms with van der Waals surface area (Å²) in [4.78, 5) is 14.6. The van der Waals surface area contributed by atoms with E-state index in [1.165, 1.54) is 17.8 Å². The van der Waals surface area contributed by atoms with E-state index in [4.69, 9.17) is 9.47 Å². The number of benzene rings is 2. The van der Waals surface area contributed by atoms with Crippen molar-refractivity contribution in [2.45, 2.75) is 19.0 Å². The van der Waals surface area contributed by atoms with Gasteiger partial charge >= 0.3 is 0 Å². The topological polar surface area (TPSA) is 38.8 Å². The van der Waals surface area contributed by atoms with E-state index >= 15 is 0 Å². The molecule has 1 amide bonds. The second-order valence-electron chi connectivity index (χ2n) is 6.55. The fourth-order valence-electron chi connectivity index (χ4n) is 3.32. The first kappa shape index (κ1) is 20.0. The van der Waals surface area contributed by atoms with Crippen LogP contribution in [0.15, 0.2) is 40.9 Å². The third kappa shape index (κ3) is 3.94. The Morgan fingerprint density at radius 2 is 2.00 bits per heavy atom. The molecule has 2 aromatic rings. The molecule has 0 spiro atoms. The minimum absolute atomic E-state index is 0.0222. The number of carbonyl (C=O) groups excluding carboxylic acids is 1. The standard InChI is InChI=1S/C20H21BrFNO3S/c1-20(16-8-14(21)5-7-17(16)22)12-27-11-19(24)23(20)10-13-4-6-15(25-2)9-18(13)26-3/h4-9H,10-12H2,1-3H3. The molecule has 0 radical (unpaired) electrons. The minimum Gasteiger partial charge on any atom is -0.497 e. The highest BCUT2D eigenvalue weighted by molar-refractivity contribution is 9.10. The number of nitrogens with zero attached hydrogens (tertiary/aromatic N) is 1. The largest absolute Gasteiger partial charge is 0.497 e. The van der Waals surface area contributed by atoms with E-state index in [9.17, 15) is 9.18 Å². The van der Waals surface area contributed by atoms with E-state index in [2.05, 4.69) is 15.9 Å². The Labute approximate surface area is 171 Å². The molecular formula is C20H21BrFNO3S. The number of rotatable bonds is 5. The zero-order valence-electron chi connectivity index (χ0n) is 15.4. The summed E-state index contributed by atoms with van der Waals surface area (Å²) in [6.45, 7) is 2.24. The van der Waals surface area contributed by atoms with E-state index in [0.29, 0.717) is 35.1 Å². The van der Waals surface area contributed by atoms with Crippen molar-refractivity contribution in [1.29, 1.82) is 0 Å². The summed E-state index contributed by atoms with van der Waals surface area (Å²) in [5.74, 6) is 1.97. The van der Waals surface area contributed by atoms with Crippen LogP contribution in [-0.2, 0) is 16.9 Å². The Kier molecular flexibility index (Phi) is 6.01. The molecule has 0 N–H and O–H groups in total. The van der Waals surface area contributed by atoms with Crippen molar-refractivity contribution >= 4 is 33.6 Å². The maximum Gasteiger partial charge on any atom is 0.233 e. The zero-order chi connectivity index (χ0) is 19.6. The van der Waals surface area contributed by atoms with Gasteiger partial charge in [-0.1, -0.05) is 15.9 Å². The SMILES string of the molecule is COc1ccc(CN2C(=O)CSCC2(C)c2cc(Br)ccc2F)c(OC)c1. The van der Waals surface area contributed by atoms with Crippen LogP contribution in [0, 0.1) is 5.82 Å². The number of methoxy groups -OCH3 is 2. The van der Waals surface area contributed by atoms with Gasteiger partial charge in [-0.25, -0.2) is 4.39 Å². The second kappa shape index (κ2) is 8.10. The molecule has 27 heavy (non-hydrogen) atoms. The van der Waals surface area contributed by atoms with Gasteiger partial charge in [-0.15, -0.1) is 11.8 Å². The van der Waals surface area contributed by atoms with Crippen LogP contribution in [0.1, 0.15) is 18.1 Å². The molecule has 7 heteroatoms. The molecule has 3 rings (SSSR count). The van der Waals surface area contributed by atoms with Crippen molar-refractivity contribution in [1.82, 2.24) is 4.90 Å². The first-order chi connectivity index (χ1) is 12.9. The van der Waals surface area contributed by atoms with Gasteiger partial charge in [-0.05, 0) is 37.3 Å². The van der Waals surface area contributed by atoms with Crippen LogP contribution >= 0.6 is 27.7 Å². The Hall–Kier alpha value is -1.73. The predicted molar refractivity (Wildman–Crippen MR) is 109 cm³/mol. The van der Waals surface area contributed by atoms with Crippen LogP contribution in [-0.4, -0.2) is 36.5 Å². The summed E-state index contributed by atoms with van der Waals surface area (Å²) in [5.41, 5.74) is 0.587. The average molecular weight is 454 g/mol. The highest BCUT2D eigenvalue weighted by Crippen LogP contribution is 2.40. The summed E-state index contributed by atoms with van der Waals surface area (Å²) in [7, 11) is 3.17. The van der Waals surface area contributed by atoms with E-state index < -0.39 is 5.54 Å². The molecule has 0 aromatic heterocycles. The molecule has 144 valence electrons. The lowest BCUT2D eigenvalue weighted by molar-refractivity contribution is -0.135. The molecule has 1 aliphatic heterocycles. The van der Waals surface area contributed by atoms with Gasteiger partial charge in [0.05, 0.1) is 32.1 Å². The number of hydrogen-bond acceptors (Lipinski definition) is 4. The third-order valence-electron chi connectivity index (χ3n) is 4.84. The predicted octanol–water partition coefficient (Wildman–Crippen LogP) is 4.60. The molecule has 1 saturated heterocycles. The van der Waals surface area contributed by atoms with Crippen LogP contribution < -0.4 is 9.47 Å². The van der Waals surface area contributed by atoms with Gasteiger partial charge in [0.2, 0.25) is 5.91 Å². The zero-order valence-corrected chi connectivity index (χ0v) is 17.8. The fourth-order valence-corrected chi connectivity index (χ4v) is 4.82. The Balaban J connectivity index is 2.03. The number of halogens is 2. The lowest BCUT2D eigenvalue weighted by Gasteiger charge is -2.45. The average Bonchev–Trinajstić information content (AvgIpc) is 2.66. The van der Waals surface area contributed by atoms with Crippen molar-refractivity contribution in [2.24, 2.45) is 0 Å². The minimum atomic E-state index is -0.765. The lowest BCUT2D eigenvalue weighted by atomic mass is 9.90. The van der Waals surface area contributed by atoms with Gasteiger partial charge < -0.3 is 14.4 Å². The molecule has 2 aromatic carbocycles. The highest BCUT2D eigenvalue weighted by Gasteiger charge is 2.42. The third-order valence-corrected chi connectivity index (χ3v) is 6.55. The molecule has 4 nitrogen and oxygen atoms in total. The van der Waals surface area contributed by atoms with Gasteiger partial charge in [0, 0.05) is 27.4 Å². The Morgan fingerprint density at radius 1 is 1.22 bits per heavy atom. The molecule has 1 aliphatic rings. The normalized spacial score (nSPS) is 19.9. The van der Waals surface area contributed by atoms with Gasteiger partial charge in [-0.3, -0.25) is 4.79 Å². The first-order valence-electron chi connectivity index (χ1n) is 8.43. The van der Waals surface area contributed by atoms with Gasteiger partial charge in [0.25, 0.3) is 0 Å². The van der Waals surface area contributed by atoms with Crippen molar-refractivity contribution in [2.75, 3.05) is 25.7 Å². The van der Waals surface area contributed by atoms with Crippen LogP contribution in [0.2, 0.25) is 0 Å². The molecule has 1 atom stereocenters. The molecule has 0 aliphatic carbocycles. The summed E-state index contributed by atoms with van der Waals surface area (Å²) in [5, 5.41) is 0. The Morgan fingerprint density at radius 3 is 2.70 bits per heavy atom. The summed E-state index contributed by atoms with van der Waals surface area (Å²) in [6.07, 6.45) is 0. The van der Waals surface area contributed by atoms with Gasteiger partial charge in [0.1, 0.15) is 17.3 Å². The van der Waals surface area contributed by atoms with Crippen molar-refractivity contribution in [3.05, 3.63) is 57.8 Å². The number of carbonyl (C=O) groups is 1. The van der Waals surface area contributed by atoms with E-state index in [1.807, 2.05) is 19.1 Å². The van der Waals surface area contributed by atoms with Gasteiger partial charge in [0.15, 0.2) is 0 Å². The van der Waals surface area contributed by atoms with Crippen LogP contribution in [0.3, 0.4) is 0 Å². The quantitative estimate of drug-likeness (QED) is 0.663. The molecule has 0 bridgehead atoms. The summed E-state index contributed by atoms with van der Waals surface area (Å²) < 4.78 is 26.2. The van der Waals surface area contributed by atoms with Crippen molar-refractivity contribution in [3.8, 4) is 11.5 Å². The molecule has 0 saturated carbocycles. The van der Waals surface area contributed by atoms with Crippen molar-refractivity contribution < 1.29 is 18.7 Å². The monoisotopic (exact) mass is 453 g/mol. The summed E-state index contributed by atoms with van der Waals surface area (Å²) >= 11 is 4.94.